The molecule has 0 saturated carbocycles. The van der Waals surface area contributed by atoms with E-state index in [4.69, 9.17) is 9.47 Å². The molecule has 1 aromatic rings. The lowest BCUT2D eigenvalue weighted by atomic mass is 10.1. The molecule has 0 radical (unpaired) electrons. The standard InChI is InChI=1S/C16H22N2O6/c1-22-16(19)3-2-8-24-15-11-14(18(20)21)5-4-13(15)12-17-6-9-23-10-7-17/h4-5,11H,2-3,6-10,12H2,1H3. The molecule has 0 atom stereocenters. The molecule has 0 aliphatic carbocycles. The van der Waals surface area contributed by atoms with Crippen LogP contribution in [-0.4, -0.2) is 55.8 Å². The van der Waals surface area contributed by atoms with Crippen LogP contribution in [0.4, 0.5) is 5.69 Å². The van der Waals surface area contributed by atoms with Crippen LogP contribution in [-0.2, 0) is 20.8 Å². The maximum absolute atomic E-state index is 11.1. The first-order valence-electron chi connectivity index (χ1n) is 7.87. The summed E-state index contributed by atoms with van der Waals surface area (Å²) < 4.78 is 15.6. The highest BCUT2D eigenvalue weighted by Crippen LogP contribution is 2.26. The number of non-ortho nitro benzene ring substituents is 1. The summed E-state index contributed by atoms with van der Waals surface area (Å²) >= 11 is 0. The summed E-state index contributed by atoms with van der Waals surface area (Å²) in [5, 5.41) is 11.0. The van der Waals surface area contributed by atoms with E-state index in [0.29, 0.717) is 38.5 Å². The van der Waals surface area contributed by atoms with Gasteiger partial charge in [0, 0.05) is 37.7 Å². The van der Waals surface area contributed by atoms with E-state index in [1.54, 1.807) is 6.07 Å². The zero-order valence-electron chi connectivity index (χ0n) is 13.7. The molecule has 132 valence electrons. The Morgan fingerprint density at radius 2 is 2.12 bits per heavy atom. The molecule has 2 rings (SSSR count). The molecule has 0 amide bonds. The number of ether oxygens (including phenoxy) is 3. The number of hydrogen-bond donors (Lipinski definition) is 0. The minimum absolute atomic E-state index is 0.0105. The molecule has 1 aromatic carbocycles. The quantitative estimate of drug-likeness (QED) is 0.309. The summed E-state index contributed by atoms with van der Waals surface area (Å²) in [7, 11) is 1.34. The molecule has 1 aliphatic heterocycles. The van der Waals surface area contributed by atoms with Gasteiger partial charge in [0.15, 0.2) is 0 Å². The van der Waals surface area contributed by atoms with Gasteiger partial charge in [0.25, 0.3) is 5.69 Å². The first-order chi connectivity index (χ1) is 11.6. The number of carbonyl (C=O) groups is 1. The predicted octanol–water partition coefficient (Wildman–Crippen LogP) is 1.76. The Morgan fingerprint density at radius 1 is 1.38 bits per heavy atom. The Kier molecular flexibility index (Phi) is 6.95. The summed E-state index contributed by atoms with van der Waals surface area (Å²) in [6, 6.07) is 4.65. The van der Waals surface area contributed by atoms with E-state index in [1.807, 2.05) is 0 Å². The SMILES string of the molecule is COC(=O)CCCOc1cc([N+](=O)[O-])ccc1CN1CCOCC1. The van der Waals surface area contributed by atoms with Gasteiger partial charge in [-0.25, -0.2) is 0 Å². The first-order valence-corrected chi connectivity index (χ1v) is 7.87. The lowest BCUT2D eigenvalue weighted by Crippen LogP contribution is -2.35. The summed E-state index contributed by atoms with van der Waals surface area (Å²) in [5.74, 6) is 0.187. The molecule has 24 heavy (non-hydrogen) atoms. The van der Waals surface area contributed by atoms with Gasteiger partial charge in [0.05, 0.1) is 37.9 Å². The Balaban J connectivity index is 2.01. The fourth-order valence-electron chi connectivity index (χ4n) is 2.42. The minimum Gasteiger partial charge on any atom is -0.493 e. The van der Waals surface area contributed by atoms with E-state index in [2.05, 4.69) is 9.64 Å². The van der Waals surface area contributed by atoms with Gasteiger partial charge in [-0.05, 0) is 12.5 Å². The summed E-state index contributed by atoms with van der Waals surface area (Å²) in [6.45, 7) is 3.95. The van der Waals surface area contributed by atoms with Crippen molar-refractivity contribution in [3.8, 4) is 5.75 Å². The molecule has 0 bridgehead atoms. The van der Waals surface area contributed by atoms with Crippen molar-refractivity contribution in [1.29, 1.82) is 0 Å². The van der Waals surface area contributed by atoms with Crippen molar-refractivity contribution < 1.29 is 23.9 Å². The van der Waals surface area contributed by atoms with E-state index >= 15 is 0 Å². The summed E-state index contributed by atoms with van der Waals surface area (Å²) in [5.41, 5.74) is 0.879. The Labute approximate surface area is 140 Å². The number of benzene rings is 1. The predicted molar refractivity (Wildman–Crippen MR) is 85.9 cm³/mol. The summed E-state index contributed by atoms with van der Waals surface area (Å²) in [4.78, 5) is 23.9. The number of methoxy groups -OCH3 is 1. The fourth-order valence-corrected chi connectivity index (χ4v) is 2.42. The van der Waals surface area contributed by atoms with Crippen LogP contribution in [0.1, 0.15) is 18.4 Å². The fraction of sp³-hybridized carbons (Fsp3) is 0.562. The van der Waals surface area contributed by atoms with Crippen LogP contribution >= 0.6 is 0 Å². The average molecular weight is 338 g/mol. The second-order valence-electron chi connectivity index (χ2n) is 5.47. The lowest BCUT2D eigenvalue weighted by Gasteiger charge is -2.27. The number of morpholine rings is 1. The molecule has 0 aromatic heterocycles. The van der Waals surface area contributed by atoms with Gasteiger partial charge >= 0.3 is 5.97 Å². The van der Waals surface area contributed by atoms with Gasteiger partial charge in [0.2, 0.25) is 0 Å². The van der Waals surface area contributed by atoms with E-state index in [-0.39, 0.29) is 18.1 Å². The van der Waals surface area contributed by atoms with Crippen LogP contribution in [0.15, 0.2) is 18.2 Å². The highest BCUT2D eigenvalue weighted by atomic mass is 16.6. The number of rotatable bonds is 8. The van der Waals surface area contributed by atoms with Gasteiger partial charge in [0.1, 0.15) is 5.75 Å². The van der Waals surface area contributed by atoms with Crippen molar-refractivity contribution in [2.45, 2.75) is 19.4 Å². The normalized spacial score (nSPS) is 15.0. The van der Waals surface area contributed by atoms with Gasteiger partial charge in [-0.1, -0.05) is 0 Å². The molecule has 1 heterocycles. The smallest absolute Gasteiger partial charge is 0.305 e. The molecule has 8 nitrogen and oxygen atoms in total. The maximum Gasteiger partial charge on any atom is 0.305 e. The van der Waals surface area contributed by atoms with Crippen molar-refractivity contribution in [2.24, 2.45) is 0 Å². The van der Waals surface area contributed by atoms with Gasteiger partial charge in [-0.15, -0.1) is 0 Å². The van der Waals surface area contributed by atoms with E-state index in [1.165, 1.54) is 19.2 Å². The number of hydrogen-bond acceptors (Lipinski definition) is 7. The van der Waals surface area contributed by atoms with E-state index < -0.39 is 4.92 Å². The van der Waals surface area contributed by atoms with Crippen molar-refractivity contribution in [1.82, 2.24) is 4.90 Å². The monoisotopic (exact) mass is 338 g/mol. The Hall–Kier alpha value is -2.19. The molecule has 1 fully saturated rings. The molecule has 0 unspecified atom stereocenters. The maximum atomic E-state index is 11.1. The average Bonchev–Trinajstić information content (AvgIpc) is 2.60. The third-order valence-electron chi connectivity index (χ3n) is 3.77. The first kappa shape index (κ1) is 18.2. The molecular weight excluding hydrogens is 316 g/mol. The highest BCUT2D eigenvalue weighted by molar-refractivity contribution is 5.69. The Bertz CT molecular complexity index is 572. The van der Waals surface area contributed by atoms with E-state index in [0.717, 1.165) is 18.7 Å². The molecule has 0 N–H and O–H groups in total. The van der Waals surface area contributed by atoms with Crippen LogP contribution in [0.25, 0.3) is 0 Å². The van der Waals surface area contributed by atoms with Gasteiger partial charge < -0.3 is 14.2 Å². The van der Waals surface area contributed by atoms with Crippen LogP contribution in [0, 0.1) is 10.1 Å². The molecule has 0 spiro atoms. The Morgan fingerprint density at radius 3 is 2.79 bits per heavy atom. The van der Waals surface area contributed by atoms with Crippen LogP contribution < -0.4 is 4.74 Å². The molecule has 1 aliphatic rings. The topological polar surface area (TPSA) is 91.1 Å². The second kappa shape index (κ2) is 9.19. The second-order valence-corrected chi connectivity index (χ2v) is 5.47. The van der Waals surface area contributed by atoms with Crippen molar-refractivity contribution in [2.75, 3.05) is 40.0 Å². The molecular formula is C16H22N2O6. The third-order valence-corrected chi connectivity index (χ3v) is 3.77. The third kappa shape index (κ3) is 5.47. The number of nitro groups is 1. The van der Waals surface area contributed by atoms with Crippen LogP contribution in [0.5, 0.6) is 5.75 Å². The lowest BCUT2D eigenvalue weighted by molar-refractivity contribution is -0.385. The number of nitrogens with zero attached hydrogens (tertiary/aromatic N) is 2. The number of esters is 1. The largest absolute Gasteiger partial charge is 0.493 e. The van der Waals surface area contributed by atoms with Gasteiger partial charge in [-0.3, -0.25) is 19.8 Å². The van der Waals surface area contributed by atoms with Crippen LogP contribution in [0.3, 0.4) is 0 Å². The zero-order valence-corrected chi connectivity index (χ0v) is 13.7. The zero-order chi connectivity index (χ0) is 17.4. The van der Waals surface area contributed by atoms with Gasteiger partial charge in [-0.2, -0.15) is 0 Å². The minimum atomic E-state index is -0.445. The van der Waals surface area contributed by atoms with Crippen molar-refractivity contribution >= 4 is 11.7 Å². The molecule has 1 saturated heterocycles. The highest BCUT2D eigenvalue weighted by Gasteiger charge is 2.16. The number of carbonyl (C=O) groups excluding carboxylic acids is 1. The van der Waals surface area contributed by atoms with Crippen molar-refractivity contribution in [3.63, 3.8) is 0 Å². The van der Waals surface area contributed by atoms with Crippen molar-refractivity contribution in [3.05, 3.63) is 33.9 Å². The molecule has 8 heteroatoms. The van der Waals surface area contributed by atoms with Crippen LogP contribution in [0.2, 0.25) is 0 Å². The van der Waals surface area contributed by atoms with E-state index in [9.17, 15) is 14.9 Å². The summed E-state index contributed by atoms with van der Waals surface area (Å²) in [6.07, 6.45) is 0.747. The number of nitro benzene ring substituents is 1.